The first kappa shape index (κ1) is 31.2. The first-order valence-corrected chi connectivity index (χ1v) is 15.5. The first-order valence-electron chi connectivity index (χ1n) is 15.5. The summed E-state index contributed by atoms with van der Waals surface area (Å²) in [5.74, 6) is 1.03. The molecule has 5 atom stereocenters. The molecule has 2 aromatic rings. The second kappa shape index (κ2) is 14.9. The molecule has 4 N–H and O–H groups in total. The van der Waals surface area contributed by atoms with Gasteiger partial charge in [-0.3, -0.25) is 14.5 Å². The van der Waals surface area contributed by atoms with E-state index in [4.69, 9.17) is 0 Å². The van der Waals surface area contributed by atoms with Crippen LogP contribution in [0.1, 0.15) is 64.0 Å². The van der Waals surface area contributed by atoms with Crippen LogP contribution >= 0.6 is 0 Å². The number of benzene rings is 2. The fourth-order valence-electron chi connectivity index (χ4n) is 6.48. The van der Waals surface area contributed by atoms with Crippen molar-refractivity contribution in [3.8, 4) is 0 Å². The number of aliphatic hydroxyl groups is 1. The highest BCUT2D eigenvalue weighted by Crippen LogP contribution is 2.39. The molecule has 0 spiro atoms. The van der Waals surface area contributed by atoms with Crippen LogP contribution in [-0.4, -0.2) is 71.7 Å². The number of piperidine rings is 1. The Labute approximate surface area is 246 Å². The molecule has 2 amide bonds. The third-order valence-corrected chi connectivity index (χ3v) is 8.55. The van der Waals surface area contributed by atoms with E-state index in [1.54, 1.807) is 0 Å². The van der Waals surface area contributed by atoms with Gasteiger partial charge < -0.3 is 21.1 Å². The zero-order valence-corrected chi connectivity index (χ0v) is 25.1. The number of rotatable bonds is 12. The van der Waals surface area contributed by atoms with Gasteiger partial charge >= 0.3 is 0 Å². The molecule has 4 rings (SSSR count). The van der Waals surface area contributed by atoms with Gasteiger partial charge in [-0.15, -0.1) is 0 Å². The number of likely N-dealkylation sites (tertiary alicyclic amines) is 1. The maximum Gasteiger partial charge on any atom is 0.237 e. The standard InChI is InChI=1S/C34H50N4O3/c1-34(2,3)37-33(41)30-21-27-16-10-11-17-28(27)23-38(30)24-31(39)29(20-26-14-8-5-9-15-26)36-32(40)22-35-19-18-25-12-6-4-7-13-25/h4-9,12-15,27-31,35,39H,10-11,16-24H2,1-3H3,(H,36,40)(H,37,41). The normalized spacial score (nSPS) is 22.8. The van der Waals surface area contributed by atoms with Crippen LogP contribution in [0, 0.1) is 11.8 Å². The Morgan fingerprint density at radius 3 is 2.24 bits per heavy atom. The molecule has 0 radical (unpaired) electrons. The number of hydrogen-bond acceptors (Lipinski definition) is 5. The Bertz CT molecular complexity index is 1090. The lowest BCUT2D eigenvalue weighted by Gasteiger charge is -2.47. The van der Waals surface area contributed by atoms with Gasteiger partial charge in [-0.2, -0.15) is 0 Å². The Balaban J connectivity index is 1.41. The van der Waals surface area contributed by atoms with Crippen molar-refractivity contribution in [2.75, 3.05) is 26.2 Å². The minimum Gasteiger partial charge on any atom is -0.390 e. The van der Waals surface area contributed by atoms with Crippen molar-refractivity contribution in [1.29, 1.82) is 0 Å². The van der Waals surface area contributed by atoms with E-state index < -0.39 is 12.1 Å². The number of carbonyl (C=O) groups excluding carboxylic acids is 2. The van der Waals surface area contributed by atoms with Crippen LogP contribution in [0.5, 0.6) is 0 Å². The highest BCUT2D eigenvalue weighted by molar-refractivity contribution is 5.82. The van der Waals surface area contributed by atoms with Gasteiger partial charge in [0.1, 0.15) is 0 Å². The topological polar surface area (TPSA) is 93.7 Å². The Morgan fingerprint density at radius 1 is 0.951 bits per heavy atom. The molecule has 224 valence electrons. The molecule has 1 saturated carbocycles. The minimum absolute atomic E-state index is 0.0417. The molecular formula is C34H50N4O3. The summed E-state index contributed by atoms with van der Waals surface area (Å²) < 4.78 is 0. The van der Waals surface area contributed by atoms with E-state index in [2.05, 4.69) is 33.0 Å². The maximum absolute atomic E-state index is 13.5. The fourth-order valence-corrected chi connectivity index (χ4v) is 6.48. The Kier molecular flexibility index (Phi) is 11.4. The van der Waals surface area contributed by atoms with Gasteiger partial charge in [-0.1, -0.05) is 79.9 Å². The third-order valence-electron chi connectivity index (χ3n) is 8.55. The fraction of sp³-hybridized carbons (Fsp3) is 0.588. The molecule has 1 aliphatic heterocycles. The van der Waals surface area contributed by atoms with E-state index in [-0.39, 0.29) is 29.9 Å². The highest BCUT2D eigenvalue weighted by atomic mass is 16.3. The number of hydrogen-bond donors (Lipinski definition) is 4. The van der Waals surface area contributed by atoms with Crippen LogP contribution in [0.3, 0.4) is 0 Å². The lowest BCUT2D eigenvalue weighted by atomic mass is 9.72. The molecule has 0 bridgehead atoms. The smallest absolute Gasteiger partial charge is 0.237 e. The van der Waals surface area contributed by atoms with Crippen LogP contribution in [0.15, 0.2) is 60.7 Å². The molecule has 2 aliphatic rings. The lowest BCUT2D eigenvalue weighted by molar-refractivity contribution is -0.133. The van der Waals surface area contributed by atoms with Crippen molar-refractivity contribution in [1.82, 2.24) is 20.9 Å². The molecule has 1 saturated heterocycles. The number of nitrogens with one attached hydrogen (secondary N) is 3. The van der Waals surface area contributed by atoms with Gasteiger partial charge in [0.25, 0.3) is 0 Å². The molecular weight excluding hydrogens is 512 g/mol. The Hall–Kier alpha value is -2.74. The first-order chi connectivity index (χ1) is 19.7. The largest absolute Gasteiger partial charge is 0.390 e. The number of fused-ring (bicyclic) bond motifs is 1. The summed E-state index contributed by atoms with van der Waals surface area (Å²) in [7, 11) is 0. The average molecular weight is 563 g/mol. The summed E-state index contributed by atoms with van der Waals surface area (Å²) in [5, 5.41) is 21.2. The average Bonchev–Trinajstić information content (AvgIpc) is 2.95. The number of aliphatic hydroxyl groups excluding tert-OH is 1. The zero-order valence-electron chi connectivity index (χ0n) is 25.1. The summed E-state index contributed by atoms with van der Waals surface area (Å²) in [6.07, 6.45) is 6.24. The van der Waals surface area contributed by atoms with Gasteiger partial charge in [-0.25, -0.2) is 0 Å². The summed E-state index contributed by atoms with van der Waals surface area (Å²) >= 11 is 0. The van der Waals surface area contributed by atoms with Crippen molar-refractivity contribution < 1.29 is 14.7 Å². The molecule has 41 heavy (non-hydrogen) atoms. The summed E-state index contributed by atoms with van der Waals surface area (Å²) in [6, 6.07) is 19.4. The van der Waals surface area contributed by atoms with Crippen molar-refractivity contribution in [3.63, 3.8) is 0 Å². The van der Waals surface area contributed by atoms with Crippen LogP contribution in [0.2, 0.25) is 0 Å². The molecule has 7 heteroatoms. The van der Waals surface area contributed by atoms with Crippen LogP contribution in [0.25, 0.3) is 0 Å². The monoisotopic (exact) mass is 562 g/mol. The van der Waals surface area contributed by atoms with E-state index in [9.17, 15) is 14.7 Å². The molecule has 7 nitrogen and oxygen atoms in total. The second-order valence-electron chi connectivity index (χ2n) is 13.1. The van der Waals surface area contributed by atoms with Gasteiger partial charge in [-0.05, 0) is 76.0 Å². The van der Waals surface area contributed by atoms with E-state index in [0.717, 1.165) is 24.9 Å². The minimum atomic E-state index is -0.812. The van der Waals surface area contributed by atoms with Crippen molar-refractivity contribution in [2.45, 2.75) is 89.4 Å². The van der Waals surface area contributed by atoms with E-state index in [1.807, 2.05) is 69.3 Å². The quantitative estimate of drug-likeness (QED) is 0.296. The summed E-state index contributed by atoms with van der Waals surface area (Å²) in [6.45, 7) is 8.09. The predicted octanol–water partition coefficient (Wildman–Crippen LogP) is 3.70. The molecule has 2 fully saturated rings. The number of nitrogens with zero attached hydrogens (tertiary/aromatic N) is 1. The van der Waals surface area contributed by atoms with Gasteiger partial charge in [0, 0.05) is 18.6 Å². The van der Waals surface area contributed by atoms with Crippen molar-refractivity contribution in [2.24, 2.45) is 11.8 Å². The lowest BCUT2D eigenvalue weighted by Crippen LogP contribution is -2.60. The zero-order chi connectivity index (χ0) is 29.2. The number of amides is 2. The van der Waals surface area contributed by atoms with Gasteiger partial charge in [0.2, 0.25) is 11.8 Å². The van der Waals surface area contributed by atoms with Crippen molar-refractivity contribution in [3.05, 3.63) is 71.8 Å². The van der Waals surface area contributed by atoms with Crippen LogP contribution < -0.4 is 16.0 Å². The van der Waals surface area contributed by atoms with E-state index in [1.165, 1.54) is 31.2 Å². The third kappa shape index (κ3) is 9.94. The van der Waals surface area contributed by atoms with E-state index >= 15 is 0 Å². The van der Waals surface area contributed by atoms with Gasteiger partial charge in [0.05, 0.1) is 24.7 Å². The van der Waals surface area contributed by atoms with Crippen molar-refractivity contribution >= 4 is 11.8 Å². The predicted molar refractivity (Wildman–Crippen MR) is 164 cm³/mol. The Morgan fingerprint density at radius 2 is 1.59 bits per heavy atom. The number of carbonyl (C=O) groups is 2. The number of β-amino-alcohol motifs (C(OH)–C–C–N with tert-alkyl or cyclic N) is 1. The molecule has 5 unspecified atom stereocenters. The molecule has 1 aliphatic carbocycles. The molecule has 1 heterocycles. The van der Waals surface area contributed by atoms with Crippen LogP contribution in [-0.2, 0) is 22.4 Å². The SMILES string of the molecule is CC(C)(C)NC(=O)C1CC2CCCCC2CN1CC(O)C(Cc1ccccc1)NC(=O)CNCCc1ccccc1. The second-order valence-corrected chi connectivity index (χ2v) is 13.1. The summed E-state index contributed by atoms with van der Waals surface area (Å²) in [5.41, 5.74) is 1.97. The highest BCUT2D eigenvalue weighted by Gasteiger charge is 2.41. The van der Waals surface area contributed by atoms with Gasteiger partial charge in [0.15, 0.2) is 0 Å². The molecule has 2 aromatic carbocycles. The molecule has 0 aromatic heterocycles. The van der Waals surface area contributed by atoms with Crippen LogP contribution in [0.4, 0.5) is 0 Å². The maximum atomic E-state index is 13.5. The summed E-state index contributed by atoms with van der Waals surface area (Å²) in [4.78, 5) is 28.7. The van der Waals surface area contributed by atoms with E-state index in [0.29, 0.717) is 31.3 Å².